The topological polar surface area (TPSA) is 71.4 Å². The van der Waals surface area contributed by atoms with Crippen molar-refractivity contribution < 1.29 is 23.5 Å². The molecule has 2 N–H and O–H groups in total. The predicted molar refractivity (Wildman–Crippen MR) is 80.6 cm³/mol. The maximum absolute atomic E-state index is 9.11. The van der Waals surface area contributed by atoms with Crippen molar-refractivity contribution in [3.63, 3.8) is 0 Å². The molecule has 122 valence electrons. The maximum atomic E-state index is 9.11. The lowest BCUT2D eigenvalue weighted by Crippen LogP contribution is -2.51. The van der Waals surface area contributed by atoms with E-state index in [9.17, 15) is 0 Å². The molecule has 20 heavy (non-hydrogen) atoms. The summed E-state index contributed by atoms with van der Waals surface area (Å²) in [6.07, 6.45) is 0. The average Bonchev–Trinajstić information content (AvgIpc) is 2.39. The van der Waals surface area contributed by atoms with Gasteiger partial charge >= 0.3 is 8.80 Å². The van der Waals surface area contributed by atoms with E-state index in [1.807, 2.05) is 32.6 Å². The minimum absolute atomic E-state index is 0.0663. The van der Waals surface area contributed by atoms with Crippen molar-refractivity contribution in [1.82, 2.24) is 4.90 Å². The highest BCUT2D eigenvalue weighted by Gasteiger charge is 2.42. The molecular weight excluding hydrogens is 278 g/mol. The van der Waals surface area contributed by atoms with Crippen LogP contribution in [0, 0.1) is 0 Å². The van der Waals surface area contributed by atoms with Crippen molar-refractivity contribution in [2.75, 3.05) is 46.1 Å². The Hall–Kier alpha value is -0.0231. The fourth-order valence-electron chi connectivity index (χ4n) is 2.26. The first-order valence-electron chi connectivity index (χ1n) is 7.46. The first-order chi connectivity index (χ1) is 9.59. The predicted octanol–water partition coefficient (Wildman–Crippen LogP) is 0.710. The van der Waals surface area contributed by atoms with Gasteiger partial charge in [-0.1, -0.05) is 0 Å². The van der Waals surface area contributed by atoms with Gasteiger partial charge in [0.1, 0.15) is 0 Å². The Morgan fingerprint density at radius 1 is 0.900 bits per heavy atom. The van der Waals surface area contributed by atoms with Crippen LogP contribution in [0.3, 0.4) is 0 Å². The monoisotopic (exact) mass is 309 g/mol. The molecule has 0 aromatic rings. The fourth-order valence-corrected chi connectivity index (χ4v) is 5.17. The Kier molecular flexibility index (Phi) is 11.6. The lowest BCUT2D eigenvalue weighted by atomic mass is 10.3. The summed E-state index contributed by atoms with van der Waals surface area (Å²) in [5.74, 6) is 0. The third-order valence-corrected chi connectivity index (χ3v) is 6.31. The molecule has 0 fully saturated rings. The van der Waals surface area contributed by atoms with Crippen LogP contribution in [0.2, 0.25) is 6.04 Å². The van der Waals surface area contributed by atoms with Crippen LogP contribution in [0.1, 0.15) is 27.7 Å². The highest BCUT2D eigenvalue weighted by molar-refractivity contribution is 6.60. The van der Waals surface area contributed by atoms with Crippen LogP contribution in [-0.2, 0) is 13.3 Å². The SMILES string of the molecule is CCO[Si](CC(C)N(CCO)CCO)(OCC)OCC. The number of nitrogens with zero attached hydrogens (tertiary/aromatic N) is 1. The smallest absolute Gasteiger partial charge is 0.395 e. The molecule has 0 aliphatic heterocycles. The molecule has 7 heteroatoms. The third kappa shape index (κ3) is 7.12. The Bertz CT molecular complexity index is 210. The van der Waals surface area contributed by atoms with Crippen LogP contribution in [0.4, 0.5) is 0 Å². The largest absolute Gasteiger partial charge is 0.502 e. The van der Waals surface area contributed by atoms with Gasteiger partial charge in [-0.15, -0.1) is 0 Å². The molecule has 0 saturated heterocycles. The summed E-state index contributed by atoms with van der Waals surface area (Å²) in [5, 5.41) is 18.2. The summed E-state index contributed by atoms with van der Waals surface area (Å²) in [7, 11) is -2.68. The Balaban J connectivity index is 4.80. The molecule has 0 aliphatic carbocycles. The highest BCUT2D eigenvalue weighted by Crippen LogP contribution is 2.21. The van der Waals surface area contributed by atoms with Gasteiger partial charge < -0.3 is 23.5 Å². The van der Waals surface area contributed by atoms with E-state index in [2.05, 4.69) is 0 Å². The van der Waals surface area contributed by atoms with Crippen LogP contribution in [0.15, 0.2) is 0 Å². The third-order valence-electron chi connectivity index (χ3n) is 3.04. The van der Waals surface area contributed by atoms with Gasteiger partial charge in [-0.2, -0.15) is 0 Å². The van der Waals surface area contributed by atoms with Gasteiger partial charge in [0.2, 0.25) is 0 Å². The molecule has 1 unspecified atom stereocenters. The maximum Gasteiger partial charge on any atom is 0.502 e. The summed E-state index contributed by atoms with van der Waals surface area (Å²) in [6.45, 7) is 10.7. The molecule has 0 heterocycles. The first kappa shape index (κ1) is 20.0. The van der Waals surface area contributed by atoms with Crippen molar-refractivity contribution in [2.45, 2.75) is 39.8 Å². The van der Waals surface area contributed by atoms with E-state index in [0.717, 1.165) is 0 Å². The van der Waals surface area contributed by atoms with Crippen LogP contribution < -0.4 is 0 Å². The second-order valence-electron chi connectivity index (χ2n) is 4.52. The lowest BCUT2D eigenvalue weighted by molar-refractivity contribution is 0.0580. The van der Waals surface area contributed by atoms with Crippen LogP contribution in [0.25, 0.3) is 0 Å². The van der Waals surface area contributed by atoms with Gasteiger partial charge in [0, 0.05) is 45.0 Å². The number of aliphatic hydroxyl groups is 2. The van der Waals surface area contributed by atoms with Crippen LogP contribution in [-0.4, -0.2) is 76.1 Å². The van der Waals surface area contributed by atoms with E-state index < -0.39 is 8.80 Å². The number of hydrogen-bond donors (Lipinski definition) is 2. The molecule has 0 bridgehead atoms. The van der Waals surface area contributed by atoms with Gasteiger partial charge in [-0.25, -0.2) is 0 Å². The zero-order valence-corrected chi connectivity index (χ0v) is 14.3. The molecule has 0 aromatic heterocycles. The zero-order chi connectivity index (χ0) is 15.4. The Morgan fingerprint density at radius 2 is 1.30 bits per heavy atom. The first-order valence-corrected chi connectivity index (χ1v) is 9.39. The van der Waals surface area contributed by atoms with Crippen LogP contribution >= 0.6 is 0 Å². The summed E-state index contributed by atoms with van der Waals surface area (Å²) < 4.78 is 17.5. The lowest BCUT2D eigenvalue weighted by Gasteiger charge is -2.35. The summed E-state index contributed by atoms with van der Waals surface area (Å²) in [6, 6.07) is 0.772. The van der Waals surface area contributed by atoms with Crippen molar-refractivity contribution in [2.24, 2.45) is 0 Å². The van der Waals surface area contributed by atoms with Crippen molar-refractivity contribution in [3.8, 4) is 0 Å². The van der Waals surface area contributed by atoms with Crippen molar-refractivity contribution >= 4 is 8.80 Å². The van der Waals surface area contributed by atoms with E-state index in [0.29, 0.717) is 39.0 Å². The van der Waals surface area contributed by atoms with Crippen molar-refractivity contribution in [3.05, 3.63) is 0 Å². The normalized spacial score (nSPS) is 13.9. The molecule has 0 aliphatic rings. The van der Waals surface area contributed by atoms with Gasteiger partial charge in [-0.05, 0) is 27.7 Å². The second kappa shape index (κ2) is 11.6. The summed E-state index contributed by atoms with van der Waals surface area (Å²) in [5.41, 5.74) is 0. The number of aliphatic hydroxyl groups excluding tert-OH is 2. The van der Waals surface area contributed by atoms with E-state index in [1.54, 1.807) is 0 Å². The molecule has 6 nitrogen and oxygen atoms in total. The molecule has 0 rings (SSSR count). The molecule has 0 spiro atoms. The van der Waals surface area contributed by atoms with Gasteiger partial charge in [0.25, 0.3) is 0 Å². The Morgan fingerprint density at radius 3 is 1.60 bits per heavy atom. The van der Waals surface area contributed by atoms with E-state index in [1.165, 1.54) is 0 Å². The number of rotatable bonds is 13. The zero-order valence-electron chi connectivity index (χ0n) is 13.3. The number of hydrogen-bond acceptors (Lipinski definition) is 6. The van der Waals surface area contributed by atoms with Crippen molar-refractivity contribution in [1.29, 1.82) is 0 Å². The molecule has 0 amide bonds. The van der Waals surface area contributed by atoms with Crippen LogP contribution in [0.5, 0.6) is 0 Å². The molecular formula is C13H31NO5Si. The van der Waals surface area contributed by atoms with Gasteiger partial charge in [-0.3, -0.25) is 4.90 Å². The molecule has 0 saturated carbocycles. The van der Waals surface area contributed by atoms with E-state index in [4.69, 9.17) is 23.5 Å². The summed E-state index contributed by atoms with van der Waals surface area (Å²) >= 11 is 0. The Labute approximate surface area is 124 Å². The fraction of sp³-hybridized carbons (Fsp3) is 1.00. The highest BCUT2D eigenvalue weighted by atomic mass is 28.4. The average molecular weight is 309 g/mol. The summed E-state index contributed by atoms with van der Waals surface area (Å²) in [4.78, 5) is 2.03. The standard InChI is InChI=1S/C13H31NO5Si/c1-5-17-20(18-6-2,19-7-3)12-13(4)14(8-10-15)9-11-16/h13,15-16H,5-12H2,1-4H3. The van der Waals surface area contributed by atoms with Gasteiger partial charge in [0.05, 0.1) is 13.2 Å². The molecule has 1 atom stereocenters. The minimum Gasteiger partial charge on any atom is -0.395 e. The second-order valence-corrected chi connectivity index (χ2v) is 7.16. The van der Waals surface area contributed by atoms with E-state index in [-0.39, 0.29) is 19.3 Å². The van der Waals surface area contributed by atoms with E-state index >= 15 is 0 Å². The quantitative estimate of drug-likeness (QED) is 0.488. The minimum atomic E-state index is -2.68. The molecule has 0 radical (unpaired) electrons. The van der Waals surface area contributed by atoms with Gasteiger partial charge in [0.15, 0.2) is 0 Å². The molecule has 0 aromatic carbocycles.